The largest absolute Gasteiger partial charge is 0.393 e. The molecule has 0 fully saturated rings. The Balaban J connectivity index is 4.04. The molecule has 0 amide bonds. The molecule has 0 spiro atoms. The van der Waals surface area contributed by atoms with Crippen molar-refractivity contribution in [3.63, 3.8) is 0 Å². The molecule has 2 heteroatoms. The zero-order valence-electron chi connectivity index (χ0n) is 10.3. The standard InChI is InChI=1S/C12H25O2/c1-6-11(2,3)7-10(14)8-12(4,5)9-13/h10,14H,6-9H2,1-5H3. The first-order valence-electron chi connectivity index (χ1n) is 5.48. The molecule has 1 N–H and O–H groups in total. The van der Waals surface area contributed by atoms with E-state index in [0.717, 1.165) is 12.8 Å². The predicted octanol–water partition coefficient (Wildman–Crippen LogP) is 3.02. The summed E-state index contributed by atoms with van der Waals surface area (Å²) in [4.78, 5) is 0. The van der Waals surface area contributed by atoms with Crippen molar-refractivity contribution in [3.8, 4) is 0 Å². The Kier molecular flexibility index (Phi) is 5.10. The van der Waals surface area contributed by atoms with Gasteiger partial charge in [-0.25, -0.2) is 5.11 Å². The highest BCUT2D eigenvalue weighted by molar-refractivity contribution is 4.77. The fraction of sp³-hybridized carbons (Fsp3) is 1.00. The minimum atomic E-state index is -0.339. The lowest BCUT2D eigenvalue weighted by Crippen LogP contribution is -2.27. The molecule has 1 atom stereocenters. The van der Waals surface area contributed by atoms with Crippen molar-refractivity contribution in [2.24, 2.45) is 10.8 Å². The molecule has 0 aliphatic heterocycles. The van der Waals surface area contributed by atoms with E-state index in [-0.39, 0.29) is 23.5 Å². The summed E-state index contributed by atoms with van der Waals surface area (Å²) in [6.07, 6.45) is 2.11. The first-order valence-corrected chi connectivity index (χ1v) is 5.48. The van der Waals surface area contributed by atoms with Gasteiger partial charge in [0, 0.05) is 0 Å². The van der Waals surface area contributed by atoms with Crippen LogP contribution < -0.4 is 0 Å². The van der Waals surface area contributed by atoms with Crippen LogP contribution in [0.4, 0.5) is 0 Å². The highest BCUT2D eigenvalue weighted by Gasteiger charge is 2.26. The van der Waals surface area contributed by atoms with Crippen LogP contribution in [0.1, 0.15) is 53.9 Å². The summed E-state index contributed by atoms with van der Waals surface area (Å²) in [5.74, 6) is 0. The van der Waals surface area contributed by atoms with Gasteiger partial charge in [0.05, 0.1) is 12.7 Å². The molecule has 0 saturated carbocycles. The number of hydrogen-bond donors (Lipinski definition) is 1. The maximum Gasteiger partial charge on any atom is 0.0874 e. The molecule has 1 unspecified atom stereocenters. The van der Waals surface area contributed by atoms with Gasteiger partial charge in [0.15, 0.2) is 0 Å². The monoisotopic (exact) mass is 201 g/mol. The Morgan fingerprint density at radius 3 is 1.86 bits per heavy atom. The molecule has 14 heavy (non-hydrogen) atoms. The predicted molar refractivity (Wildman–Crippen MR) is 58.6 cm³/mol. The minimum Gasteiger partial charge on any atom is -0.393 e. The van der Waals surface area contributed by atoms with E-state index in [1.165, 1.54) is 0 Å². The Labute approximate surface area is 88.3 Å². The number of hydrogen-bond acceptors (Lipinski definition) is 1. The molecule has 0 bridgehead atoms. The summed E-state index contributed by atoms with van der Waals surface area (Å²) >= 11 is 0. The van der Waals surface area contributed by atoms with Crippen molar-refractivity contribution in [3.05, 3.63) is 0 Å². The number of aliphatic hydroxyl groups is 1. The van der Waals surface area contributed by atoms with Crippen LogP contribution in [0.2, 0.25) is 0 Å². The first kappa shape index (κ1) is 13.9. The van der Waals surface area contributed by atoms with Crippen LogP contribution in [0, 0.1) is 10.8 Å². The first-order chi connectivity index (χ1) is 6.22. The molecule has 0 aromatic rings. The zero-order valence-corrected chi connectivity index (χ0v) is 10.3. The second-order valence-electron chi connectivity index (χ2n) is 5.89. The third kappa shape index (κ3) is 5.61. The van der Waals surface area contributed by atoms with Crippen molar-refractivity contribution >= 4 is 0 Å². The van der Waals surface area contributed by atoms with Crippen molar-refractivity contribution < 1.29 is 10.2 Å². The van der Waals surface area contributed by atoms with E-state index in [4.69, 9.17) is 0 Å². The number of rotatable bonds is 6. The number of aliphatic hydroxyl groups excluding tert-OH is 1. The SMILES string of the molecule is CCC(C)(C)CC(O)CC(C)(C)C[O]. The third-order valence-electron chi connectivity index (χ3n) is 2.92. The Bertz CT molecular complexity index is 144. The Morgan fingerprint density at radius 1 is 1.07 bits per heavy atom. The lowest BCUT2D eigenvalue weighted by atomic mass is 9.79. The molecule has 0 heterocycles. The topological polar surface area (TPSA) is 40.1 Å². The van der Waals surface area contributed by atoms with Gasteiger partial charge >= 0.3 is 0 Å². The summed E-state index contributed by atoms with van der Waals surface area (Å²) in [5, 5.41) is 20.7. The van der Waals surface area contributed by atoms with Gasteiger partial charge in [-0.15, -0.1) is 0 Å². The molecule has 0 aliphatic carbocycles. The molecular formula is C12H25O2. The maximum atomic E-state index is 10.8. The van der Waals surface area contributed by atoms with Crippen LogP contribution >= 0.6 is 0 Å². The van der Waals surface area contributed by atoms with Gasteiger partial charge in [0.1, 0.15) is 0 Å². The van der Waals surface area contributed by atoms with Gasteiger partial charge in [-0.05, 0) is 23.7 Å². The molecule has 1 radical (unpaired) electrons. The van der Waals surface area contributed by atoms with E-state index in [1.807, 2.05) is 13.8 Å². The van der Waals surface area contributed by atoms with Crippen LogP contribution in [-0.2, 0) is 5.11 Å². The van der Waals surface area contributed by atoms with E-state index in [0.29, 0.717) is 6.42 Å². The summed E-state index contributed by atoms with van der Waals surface area (Å²) in [5.41, 5.74) is -0.0956. The Morgan fingerprint density at radius 2 is 1.50 bits per heavy atom. The maximum absolute atomic E-state index is 10.8. The summed E-state index contributed by atoms with van der Waals surface area (Å²) in [6, 6.07) is 0. The van der Waals surface area contributed by atoms with Crippen molar-refractivity contribution in [2.75, 3.05) is 6.61 Å². The van der Waals surface area contributed by atoms with E-state index in [9.17, 15) is 10.2 Å². The molecule has 2 nitrogen and oxygen atoms in total. The molecule has 0 aliphatic rings. The molecule has 0 aromatic heterocycles. The highest BCUT2D eigenvalue weighted by Crippen LogP contribution is 2.31. The van der Waals surface area contributed by atoms with Gasteiger partial charge < -0.3 is 5.11 Å². The normalized spacial score (nSPS) is 15.6. The van der Waals surface area contributed by atoms with E-state index >= 15 is 0 Å². The lowest BCUT2D eigenvalue weighted by molar-refractivity contribution is 0.0242. The zero-order chi connectivity index (χ0) is 11.4. The second kappa shape index (κ2) is 5.13. The van der Waals surface area contributed by atoms with E-state index < -0.39 is 0 Å². The average Bonchev–Trinajstić information content (AvgIpc) is 2.02. The quantitative estimate of drug-likeness (QED) is 0.705. The van der Waals surface area contributed by atoms with Crippen LogP contribution in [0.5, 0.6) is 0 Å². The summed E-state index contributed by atoms with van der Waals surface area (Å²) < 4.78 is 0. The van der Waals surface area contributed by atoms with Crippen LogP contribution in [0.15, 0.2) is 0 Å². The van der Waals surface area contributed by atoms with Gasteiger partial charge in [-0.1, -0.05) is 41.0 Å². The molecule has 85 valence electrons. The van der Waals surface area contributed by atoms with Crippen molar-refractivity contribution in [1.82, 2.24) is 0 Å². The van der Waals surface area contributed by atoms with Crippen LogP contribution in [0.3, 0.4) is 0 Å². The summed E-state index contributed by atoms with van der Waals surface area (Å²) in [7, 11) is 0. The molecular weight excluding hydrogens is 176 g/mol. The van der Waals surface area contributed by atoms with Gasteiger partial charge in [0.2, 0.25) is 0 Å². The smallest absolute Gasteiger partial charge is 0.0874 e. The van der Waals surface area contributed by atoms with Crippen LogP contribution in [0.25, 0.3) is 0 Å². The van der Waals surface area contributed by atoms with Gasteiger partial charge in [0.25, 0.3) is 0 Å². The minimum absolute atomic E-state index is 0.114. The lowest BCUT2D eigenvalue weighted by Gasteiger charge is -2.30. The molecule has 0 rings (SSSR count). The van der Waals surface area contributed by atoms with Gasteiger partial charge in [-0.2, -0.15) is 0 Å². The summed E-state index contributed by atoms with van der Waals surface area (Å²) in [6.45, 7) is 10.2. The Hall–Kier alpha value is -0.0800. The average molecular weight is 201 g/mol. The highest BCUT2D eigenvalue weighted by atomic mass is 16.3. The van der Waals surface area contributed by atoms with Gasteiger partial charge in [-0.3, -0.25) is 0 Å². The second-order valence-corrected chi connectivity index (χ2v) is 5.89. The fourth-order valence-corrected chi connectivity index (χ4v) is 1.55. The van der Waals surface area contributed by atoms with E-state index in [2.05, 4.69) is 20.8 Å². The molecule has 0 saturated heterocycles. The fourth-order valence-electron chi connectivity index (χ4n) is 1.55. The molecule has 0 aromatic carbocycles. The van der Waals surface area contributed by atoms with Crippen molar-refractivity contribution in [2.45, 2.75) is 60.0 Å². The third-order valence-corrected chi connectivity index (χ3v) is 2.92. The van der Waals surface area contributed by atoms with E-state index in [1.54, 1.807) is 0 Å². The van der Waals surface area contributed by atoms with Crippen LogP contribution in [-0.4, -0.2) is 17.8 Å². The van der Waals surface area contributed by atoms with Crippen molar-refractivity contribution in [1.29, 1.82) is 0 Å².